The number of carbonyl (C=O) groups is 1. The van der Waals surface area contributed by atoms with Gasteiger partial charge in [-0.2, -0.15) is 5.10 Å². The van der Waals surface area contributed by atoms with Gasteiger partial charge in [-0.15, -0.1) is 0 Å². The largest absolute Gasteiger partial charge is 0.326 e. The molecule has 5 heteroatoms. The van der Waals surface area contributed by atoms with Gasteiger partial charge in [0.15, 0.2) is 0 Å². The molecule has 2 aromatic heterocycles. The van der Waals surface area contributed by atoms with Gasteiger partial charge in [0.2, 0.25) is 5.91 Å². The Morgan fingerprint density at radius 1 is 1.13 bits per heavy atom. The molecule has 1 amide bonds. The van der Waals surface area contributed by atoms with Crippen LogP contribution in [-0.4, -0.2) is 20.7 Å². The third-order valence-electron chi connectivity index (χ3n) is 3.53. The molecule has 0 radical (unpaired) electrons. The van der Waals surface area contributed by atoms with Crippen LogP contribution < -0.4 is 5.32 Å². The Labute approximate surface area is 135 Å². The normalized spacial score (nSPS) is 10.5. The SMILES string of the molecule is Cc1cc(-c2ccc(NC(=O)CCn3cccn3)cc2)ccn1. The van der Waals surface area contributed by atoms with Gasteiger partial charge in [0.25, 0.3) is 0 Å². The summed E-state index contributed by atoms with van der Waals surface area (Å²) in [7, 11) is 0. The Morgan fingerprint density at radius 2 is 1.96 bits per heavy atom. The van der Waals surface area contributed by atoms with Crippen molar-refractivity contribution >= 4 is 11.6 Å². The molecule has 0 saturated carbocycles. The van der Waals surface area contributed by atoms with E-state index in [0.29, 0.717) is 13.0 Å². The summed E-state index contributed by atoms with van der Waals surface area (Å²) in [4.78, 5) is 16.1. The maximum atomic E-state index is 11.9. The van der Waals surface area contributed by atoms with Gasteiger partial charge in [-0.1, -0.05) is 12.1 Å². The molecular weight excluding hydrogens is 288 g/mol. The fraction of sp³-hybridized carbons (Fsp3) is 0.167. The van der Waals surface area contributed by atoms with Crippen LogP contribution in [0.4, 0.5) is 5.69 Å². The van der Waals surface area contributed by atoms with Crippen molar-refractivity contribution < 1.29 is 4.79 Å². The summed E-state index contributed by atoms with van der Waals surface area (Å²) in [6, 6.07) is 13.7. The molecule has 0 saturated heterocycles. The molecule has 0 bridgehead atoms. The van der Waals surface area contributed by atoms with Gasteiger partial charge in [-0.25, -0.2) is 0 Å². The highest BCUT2D eigenvalue weighted by atomic mass is 16.1. The van der Waals surface area contributed by atoms with E-state index in [-0.39, 0.29) is 5.91 Å². The topological polar surface area (TPSA) is 59.8 Å². The highest BCUT2D eigenvalue weighted by Crippen LogP contribution is 2.21. The summed E-state index contributed by atoms with van der Waals surface area (Å²) in [5.41, 5.74) is 4.00. The van der Waals surface area contributed by atoms with Crippen LogP contribution in [0.25, 0.3) is 11.1 Å². The Hall–Kier alpha value is -2.95. The van der Waals surface area contributed by atoms with E-state index in [2.05, 4.69) is 15.4 Å². The minimum Gasteiger partial charge on any atom is -0.326 e. The first-order valence-electron chi connectivity index (χ1n) is 7.51. The van der Waals surface area contributed by atoms with Crippen LogP contribution in [0.15, 0.2) is 61.1 Å². The molecule has 1 aromatic carbocycles. The number of amides is 1. The Kier molecular flexibility index (Phi) is 4.47. The van der Waals surface area contributed by atoms with E-state index in [0.717, 1.165) is 22.5 Å². The fourth-order valence-corrected chi connectivity index (χ4v) is 2.34. The lowest BCUT2D eigenvalue weighted by atomic mass is 10.1. The highest BCUT2D eigenvalue weighted by molar-refractivity contribution is 5.90. The van der Waals surface area contributed by atoms with E-state index in [1.165, 1.54) is 0 Å². The third kappa shape index (κ3) is 4.03. The number of hydrogen-bond acceptors (Lipinski definition) is 3. The number of hydrogen-bond donors (Lipinski definition) is 1. The number of benzene rings is 1. The van der Waals surface area contributed by atoms with Crippen LogP contribution in [0.5, 0.6) is 0 Å². The Morgan fingerprint density at radius 3 is 2.65 bits per heavy atom. The number of anilines is 1. The number of aryl methyl sites for hydroxylation is 2. The van der Waals surface area contributed by atoms with Gasteiger partial charge < -0.3 is 5.32 Å². The molecule has 0 fully saturated rings. The standard InChI is InChI=1S/C18H18N4O/c1-14-13-16(7-10-19-14)15-3-5-17(6-4-15)21-18(23)8-12-22-11-2-9-20-22/h2-7,9-11,13H,8,12H2,1H3,(H,21,23). The summed E-state index contributed by atoms with van der Waals surface area (Å²) in [6.45, 7) is 2.55. The lowest BCUT2D eigenvalue weighted by Crippen LogP contribution is -2.14. The first-order valence-corrected chi connectivity index (χ1v) is 7.51. The number of carbonyl (C=O) groups excluding carboxylic acids is 1. The molecule has 0 spiro atoms. The van der Waals surface area contributed by atoms with E-state index in [1.54, 1.807) is 17.1 Å². The van der Waals surface area contributed by atoms with E-state index in [9.17, 15) is 4.79 Å². The van der Waals surface area contributed by atoms with E-state index in [4.69, 9.17) is 0 Å². The molecular formula is C18H18N4O. The molecule has 5 nitrogen and oxygen atoms in total. The molecule has 116 valence electrons. The number of nitrogens with one attached hydrogen (secondary N) is 1. The molecule has 0 atom stereocenters. The lowest BCUT2D eigenvalue weighted by molar-refractivity contribution is -0.116. The van der Waals surface area contributed by atoms with Crippen molar-refractivity contribution in [3.05, 3.63) is 66.7 Å². The van der Waals surface area contributed by atoms with Crippen molar-refractivity contribution in [2.45, 2.75) is 19.9 Å². The van der Waals surface area contributed by atoms with Crippen LogP contribution in [-0.2, 0) is 11.3 Å². The summed E-state index contributed by atoms with van der Waals surface area (Å²) in [5.74, 6) is -0.0204. The second-order valence-electron chi connectivity index (χ2n) is 5.33. The van der Waals surface area contributed by atoms with Crippen molar-refractivity contribution in [3.8, 4) is 11.1 Å². The molecule has 0 aliphatic carbocycles. The first-order chi connectivity index (χ1) is 11.2. The van der Waals surface area contributed by atoms with Crippen LogP contribution >= 0.6 is 0 Å². The summed E-state index contributed by atoms with van der Waals surface area (Å²) < 4.78 is 1.74. The molecule has 3 rings (SSSR count). The predicted octanol–water partition coefficient (Wildman–Crippen LogP) is 3.28. The Balaban J connectivity index is 1.60. The number of nitrogens with zero attached hydrogens (tertiary/aromatic N) is 3. The van der Waals surface area contributed by atoms with Gasteiger partial charge in [0.1, 0.15) is 0 Å². The van der Waals surface area contributed by atoms with Crippen molar-refractivity contribution in [3.63, 3.8) is 0 Å². The predicted molar refractivity (Wildman–Crippen MR) is 89.9 cm³/mol. The van der Waals surface area contributed by atoms with E-state index < -0.39 is 0 Å². The zero-order valence-corrected chi connectivity index (χ0v) is 12.9. The molecule has 1 N–H and O–H groups in total. The molecule has 0 aliphatic heterocycles. The van der Waals surface area contributed by atoms with Gasteiger partial charge in [0.05, 0.1) is 0 Å². The Bertz CT molecular complexity index is 779. The van der Waals surface area contributed by atoms with Crippen molar-refractivity contribution in [1.82, 2.24) is 14.8 Å². The zero-order chi connectivity index (χ0) is 16.1. The second-order valence-corrected chi connectivity index (χ2v) is 5.33. The fourth-order valence-electron chi connectivity index (χ4n) is 2.34. The molecule has 0 aliphatic rings. The molecule has 23 heavy (non-hydrogen) atoms. The zero-order valence-electron chi connectivity index (χ0n) is 12.9. The van der Waals surface area contributed by atoms with Crippen LogP contribution in [0, 0.1) is 6.92 Å². The lowest BCUT2D eigenvalue weighted by Gasteiger charge is -2.07. The maximum absolute atomic E-state index is 11.9. The van der Waals surface area contributed by atoms with Gasteiger partial charge >= 0.3 is 0 Å². The van der Waals surface area contributed by atoms with Gasteiger partial charge in [0, 0.05) is 42.9 Å². The third-order valence-corrected chi connectivity index (χ3v) is 3.53. The van der Waals surface area contributed by atoms with Crippen molar-refractivity contribution in [1.29, 1.82) is 0 Å². The van der Waals surface area contributed by atoms with Crippen molar-refractivity contribution in [2.75, 3.05) is 5.32 Å². The average molecular weight is 306 g/mol. The molecule has 2 heterocycles. The maximum Gasteiger partial charge on any atom is 0.226 e. The number of rotatable bonds is 5. The summed E-state index contributed by atoms with van der Waals surface area (Å²) in [5, 5.41) is 6.98. The van der Waals surface area contributed by atoms with E-state index in [1.807, 2.05) is 55.6 Å². The molecule has 3 aromatic rings. The minimum absolute atomic E-state index is 0.0204. The second kappa shape index (κ2) is 6.87. The first kappa shape index (κ1) is 15.0. The quantitative estimate of drug-likeness (QED) is 0.787. The highest BCUT2D eigenvalue weighted by Gasteiger charge is 2.04. The van der Waals surface area contributed by atoms with Crippen LogP contribution in [0.3, 0.4) is 0 Å². The summed E-state index contributed by atoms with van der Waals surface area (Å²) in [6.07, 6.45) is 5.75. The van der Waals surface area contributed by atoms with Crippen LogP contribution in [0.2, 0.25) is 0 Å². The van der Waals surface area contributed by atoms with Gasteiger partial charge in [-0.05, 0) is 48.4 Å². The number of pyridine rings is 1. The monoisotopic (exact) mass is 306 g/mol. The smallest absolute Gasteiger partial charge is 0.226 e. The number of aromatic nitrogens is 3. The van der Waals surface area contributed by atoms with Gasteiger partial charge in [-0.3, -0.25) is 14.5 Å². The molecule has 0 unspecified atom stereocenters. The minimum atomic E-state index is -0.0204. The van der Waals surface area contributed by atoms with Crippen molar-refractivity contribution in [2.24, 2.45) is 0 Å². The average Bonchev–Trinajstić information content (AvgIpc) is 3.07. The van der Waals surface area contributed by atoms with E-state index >= 15 is 0 Å². The van der Waals surface area contributed by atoms with Crippen LogP contribution in [0.1, 0.15) is 12.1 Å². The summed E-state index contributed by atoms with van der Waals surface area (Å²) >= 11 is 0.